The van der Waals surface area contributed by atoms with E-state index in [4.69, 9.17) is 9.47 Å². The van der Waals surface area contributed by atoms with Crippen molar-refractivity contribution in [2.75, 3.05) is 6.61 Å². The Hall–Kier alpha value is -0.860. The van der Waals surface area contributed by atoms with Crippen molar-refractivity contribution in [3.05, 3.63) is 35.9 Å². The Bertz CT molecular complexity index is 306. The van der Waals surface area contributed by atoms with E-state index in [0.29, 0.717) is 0 Å². The van der Waals surface area contributed by atoms with E-state index in [1.807, 2.05) is 18.2 Å². The van der Waals surface area contributed by atoms with E-state index >= 15 is 0 Å². The number of benzene rings is 1. The highest BCUT2D eigenvalue weighted by Crippen LogP contribution is 2.24. The molecule has 0 aliphatic carbocycles. The van der Waals surface area contributed by atoms with E-state index in [2.05, 4.69) is 26.0 Å². The molecule has 0 radical (unpaired) electrons. The second-order valence-corrected chi connectivity index (χ2v) is 4.62. The fraction of sp³-hybridized carbons (Fsp3) is 0.538. The molecule has 0 aromatic heterocycles. The van der Waals surface area contributed by atoms with Crippen LogP contribution < -0.4 is 0 Å². The molecule has 1 aromatic rings. The molecule has 2 heteroatoms. The molecule has 1 heterocycles. The highest BCUT2D eigenvalue weighted by atomic mass is 16.7. The normalized spacial score (nSPS) is 25.1. The first kappa shape index (κ1) is 10.7. The van der Waals surface area contributed by atoms with Gasteiger partial charge in [-0.2, -0.15) is 0 Å². The largest absolute Gasteiger partial charge is 0.352 e. The minimum absolute atomic E-state index is 0.0440. The average Bonchev–Trinajstić information content (AvgIpc) is 2.17. The van der Waals surface area contributed by atoms with Crippen LogP contribution in [0, 0.1) is 0 Å². The van der Waals surface area contributed by atoms with Gasteiger partial charge in [0, 0.05) is 6.42 Å². The lowest BCUT2D eigenvalue weighted by molar-refractivity contribution is -0.243. The van der Waals surface area contributed by atoms with Crippen molar-refractivity contribution in [1.82, 2.24) is 0 Å². The van der Waals surface area contributed by atoms with Gasteiger partial charge in [0.2, 0.25) is 0 Å². The zero-order chi connectivity index (χ0) is 10.7. The van der Waals surface area contributed by atoms with Gasteiger partial charge in [-0.25, -0.2) is 0 Å². The van der Waals surface area contributed by atoms with Gasteiger partial charge in [0.15, 0.2) is 6.29 Å². The van der Waals surface area contributed by atoms with E-state index in [-0.39, 0.29) is 11.9 Å². The van der Waals surface area contributed by atoms with Gasteiger partial charge in [0.05, 0.1) is 12.2 Å². The fourth-order valence-corrected chi connectivity index (χ4v) is 1.79. The SMILES string of the molecule is CC1(C)CCOC(Cc2ccccc2)O1. The van der Waals surface area contributed by atoms with Crippen LogP contribution in [0.2, 0.25) is 0 Å². The third kappa shape index (κ3) is 3.05. The topological polar surface area (TPSA) is 18.5 Å². The van der Waals surface area contributed by atoms with Gasteiger partial charge in [-0.15, -0.1) is 0 Å². The zero-order valence-corrected chi connectivity index (χ0v) is 9.40. The van der Waals surface area contributed by atoms with Gasteiger partial charge in [-0.05, 0) is 25.8 Å². The maximum Gasteiger partial charge on any atom is 0.162 e. The van der Waals surface area contributed by atoms with E-state index < -0.39 is 0 Å². The van der Waals surface area contributed by atoms with E-state index in [1.165, 1.54) is 5.56 Å². The van der Waals surface area contributed by atoms with Gasteiger partial charge >= 0.3 is 0 Å². The predicted molar refractivity (Wildman–Crippen MR) is 59.7 cm³/mol. The third-order valence-corrected chi connectivity index (χ3v) is 2.70. The lowest BCUT2D eigenvalue weighted by Crippen LogP contribution is -2.40. The molecule has 82 valence electrons. The molecule has 0 spiro atoms. The van der Waals surface area contributed by atoms with Crippen LogP contribution in [-0.2, 0) is 15.9 Å². The first-order valence-corrected chi connectivity index (χ1v) is 5.49. The van der Waals surface area contributed by atoms with Crippen molar-refractivity contribution in [3.63, 3.8) is 0 Å². The number of hydrogen-bond acceptors (Lipinski definition) is 2. The Morgan fingerprint density at radius 1 is 1.27 bits per heavy atom. The summed E-state index contributed by atoms with van der Waals surface area (Å²) in [6, 6.07) is 10.3. The van der Waals surface area contributed by atoms with Crippen LogP contribution >= 0.6 is 0 Å². The standard InChI is InChI=1S/C13H18O2/c1-13(2)8-9-14-12(15-13)10-11-6-4-3-5-7-11/h3-7,12H,8-10H2,1-2H3. The van der Waals surface area contributed by atoms with Crippen LogP contribution in [0.15, 0.2) is 30.3 Å². The average molecular weight is 206 g/mol. The Morgan fingerprint density at radius 3 is 2.67 bits per heavy atom. The Balaban J connectivity index is 1.95. The Kier molecular flexibility index (Phi) is 3.08. The van der Waals surface area contributed by atoms with Gasteiger partial charge < -0.3 is 9.47 Å². The highest BCUT2D eigenvalue weighted by Gasteiger charge is 2.28. The van der Waals surface area contributed by atoms with E-state index in [0.717, 1.165) is 19.4 Å². The molecule has 1 aromatic carbocycles. The molecule has 1 aliphatic heterocycles. The zero-order valence-electron chi connectivity index (χ0n) is 9.40. The summed E-state index contributed by atoms with van der Waals surface area (Å²) in [5.41, 5.74) is 1.22. The maximum atomic E-state index is 5.86. The molecule has 1 aliphatic rings. The minimum Gasteiger partial charge on any atom is -0.352 e. The van der Waals surface area contributed by atoms with Crippen LogP contribution in [0.3, 0.4) is 0 Å². The lowest BCUT2D eigenvalue weighted by atomic mass is 10.0. The lowest BCUT2D eigenvalue weighted by Gasteiger charge is -2.36. The summed E-state index contributed by atoms with van der Waals surface area (Å²) in [6.07, 6.45) is 1.72. The van der Waals surface area contributed by atoms with Crippen molar-refractivity contribution in [2.24, 2.45) is 0 Å². The monoisotopic (exact) mass is 206 g/mol. The summed E-state index contributed by atoms with van der Waals surface area (Å²) in [5, 5.41) is 0. The molecule has 0 saturated carbocycles. The molecule has 15 heavy (non-hydrogen) atoms. The molecular formula is C13H18O2. The number of hydrogen-bond donors (Lipinski definition) is 0. The third-order valence-electron chi connectivity index (χ3n) is 2.70. The maximum absolute atomic E-state index is 5.86. The summed E-state index contributed by atoms with van der Waals surface area (Å²) < 4.78 is 11.5. The Morgan fingerprint density at radius 2 is 2.00 bits per heavy atom. The molecule has 2 nitrogen and oxygen atoms in total. The quantitative estimate of drug-likeness (QED) is 0.740. The molecule has 0 bridgehead atoms. The van der Waals surface area contributed by atoms with Crippen molar-refractivity contribution in [1.29, 1.82) is 0 Å². The molecule has 1 saturated heterocycles. The molecule has 2 rings (SSSR count). The van der Waals surface area contributed by atoms with Crippen molar-refractivity contribution >= 4 is 0 Å². The fourth-order valence-electron chi connectivity index (χ4n) is 1.79. The first-order chi connectivity index (χ1) is 7.16. The van der Waals surface area contributed by atoms with Crippen LogP contribution in [0.4, 0.5) is 0 Å². The van der Waals surface area contributed by atoms with Crippen LogP contribution in [0.1, 0.15) is 25.8 Å². The van der Waals surface area contributed by atoms with Gasteiger partial charge in [0.25, 0.3) is 0 Å². The number of rotatable bonds is 2. The summed E-state index contributed by atoms with van der Waals surface area (Å²) in [4.78, 5) is 0. The van der Waals surface area contributed by atoms with Crippen LogP contribution in [0.25, 0.3) is 0 Å². The van der Waals surface area contributed by atoms with E-state index in [9.17, 15) is 0 Å². The molecule has 0 amide bonds. The van der Waals surface area contributed by atoms with E-state index in [1.54, 1.807) is 0 Å². The molecule has 1 unspecified atom stereocenters. The molecule has 0 N–H and O–H groups in total. The van der Waals surface area contributed by atoms with Crippen LogP contribution in [-0.4, -0.2) is 18.5 Å². The molecule has 1 fully saturated rings. The summed E-state index contributed by atoms with van der Waals surface area (Å²) >= 11 is 0. The highest BCUT2D eigenvalue weighted by molar-refractivity contribution is 5.15. The second-order valence-electron chi connectivity index (χ2n) is 4.62. The van der Waals surface area contributed by atoms with Gasteiger partial charge in [-0.1, -0.05) is 30.3 Å². The van der Waals surface area contributed by atoms with Crippen LogP contribution in [0.5, 0.6) is 0 Å². The van der Waals surface area contributed by atoms with Crippen molar-refractivity contribution in [3.8, 4) is 0 Å². The summed E-state index contributed by atoms with van der Waals surface area (Å²) in [6.45, 7) is 5.03. The molecule has 1 atom stereocenters. The summed E-state index contributed by atoms with van der Waals surface area (Å²) in [7, 11) is 0. The predicted octanol–water partition coefficient (Wildman–Crippen LogP) is 2.77. The number of ether oxygens (including phenoxy) is 2. The van der Waals surface area contributed by atoms with Gasteiger partial charge in [0.1, 0.15) is 0 Å². The van der Waals surface area contributed by atoms with Crippen molar-refractivity contribution < 1.29 is 9.47 Å². The molecular weight excluding hydrogens is 188 g/mol. The van der Waals surface area contributed by atoms with Gasteiger partial charge in [-0.3, -0.25) is 0 Å². The minimum atomic E-state index is -0.0869. The summed E-state index contributed by atoms with van der Waals surface area (Å²) in [5.74, 6) is 0. The Labute approximate surface area is 91.2 Å². The smallest absolute Gasteiger partial charge is 0.162 e. The first-order valence-electron chi connectivity index (χ1n) is 5.49. The van der Waals surface area contributed by atoms with Crippen molar-refractivity contribution in [2.45, 2.75) is 38.6 Å². The second kappa shape index (κ2) is 4.33.